The molecule has 1 saturated carbocycles. The second-order valence-corrected chi connectivity index (χ2v) is 8.40. The number of carbonyl (C=O) groups is 2. The highest BCUT2D eigenvalue weighted by molar-refractivity contribution is 5.94. The standard InChI is InChI=1S/C23H31N3O3/c1-15(2)16(3)26(23(28)21-7-6-12-29-21)14-18-13-19(10-11-20(18)25(4)5)24-22(27)17-8-9-17/h6-7,10-13,15-17H,8-9,14H2,1-5H3,(H,24,27)/t16-/m0/s1. The highest BCUT2D eigenvalue weighted by atomic mass is 16.3. The van der Waals surface area contributed by atoms with Crippen LogP contribution in [0.5, 0.6) is 0 Å². The lowest BCUT2D eigenvalue weighted by molar-refractivity contribution is -0.117. The summed E-state index contributed by atoms with van der Waals surface area (Å²) in [4.78, 5) is 29.2. The van der Waals surface area contributed by atoms with Gasteiger partial charge in [-0.2, -0.15) is 0 Å². The van der Waals surface area contributed by atoms with Crippen LogP contribution in [-0.2, 0) is 11.3 Å². The van der Waals surface area contributed by atoms with Crippen LogP contribution in [0.15, 0.2) is 41.0 Å². The Balaban J connectivity index is 1.91. The van der Waals surface area contributed by atoms with Crippen LogP contribution >= 0.6 is 0 Å². The molecule has 0 saturated heterocycles. The van der Waals surface area contributed by atoms with E-state index in [9.17, 15) is 9.59 Å². The number of benzene rings is 1. The van der Waals surface area contributed by atoms with Gasteiger partial charge in [0.2, 0.25) is 5.91 Å². The van der Waals surface area contributed by atoms with Crippen molar-refractivity contribution in [2.24, 2.45) is 11.8 Å². The van der Waals surface area contributed by atoms with E-state index < -0.39 is 0 Å². The number of rotatable bonds is 8. The lowest BCUT2D eigenvalue weighted by Crippen LogP contribution is -2.41. The molecular weight excluding hydrogens is 366 g/mol. The fourth-order valence-corrected chi connectivity index (χ4v) is 3.30. The molecule has 2 aromatic rings. The molecule has 1 fully saturated rings. The monoisotopic (exact) mass is 397 g/mol. The van der Waals surface area contributed by atoms with E-state index in [1.165, 1.54) is 6.26 Å². The van der Waals surface area contributed by atoms with Crippen molar-refractivity contribution >= 4 is 23.2 Å². The molecule has 156 valence electrons. The molecule has 29 heavy (non-hydrogen) atoms. The lowest BCUT2D eigenvalue weighted by atomic mass is 10.0. The first kappa shape index (κ1) is 21.0. The van der Waals surface area contributed by atoms with E-state index in [0.29, 0.717) is 12.3 Å². The average Bonchev–Trinajstić information content (AvgIpc) is 3.39. The Bertz CT molecular complexity index is 854. The van der Waals surface area contributed by atoms with Crippen molar-refractivity contribution in [3.8, 4) is 0 Å². The summed E-state index contributed by atoms with van der Waals surface area (Å²) in [5.74, 6) is 0.711. The Labute approximate surface area is 172 Å². The second kappa shape index (κ2) is 8.72. The van der Waals surface area contributed by atoms with Gasteiger partial charge in [-0.05, 0) is 61.6 Å². The Morgan fingerprint density at radius 1 is 1.17 bits per heavy atom. The van der Waals surface area contributed by atoms with Crippen molar-refractivity contribution in [2.45, 2.75) is 46.2 Å². The Morgan fingerprint density at radius 2 is 1.90 bits per heavy atom. The summed E-state index contributed by atoms with van der Waals surface area (Å²) in [7, 11) is 3.96. The zero-order chi connectivity index (χ0) is 21.1. The number of furan rings is 1. The predicted octanol–water partition coefficient (Wildman–Crippen LogP) is 4.38. The number of nitrogens with zero attached hydrogens (tertiary/aromatic N) is 2. The first-order valence-corrected chi connectivity index (χ1v) is 10.2. The average molecular weight is 398 g/mol. The van der Waals surface area contributed by atoms with Crippen LogP contribution in [0, 0.1) is 11.8 Å². The lowest BCUT2D eigenvalue weighted by Gasteiger charge is -2.32. The van der Waals surface area contributed by atoms with Crippen molar-refractivity contribution < 1.29 is 14.0 Å². The minimum atomic E-state index is -0.131. The van der Waals surface area contributed by atoms with Crippen LogP contribution in [0.2, 0.25) is 0 Å². The quantitative estimate of drug-likeness (QED) is 0.718. The smallest absolute Gasteiger partial charge is 0.290 e. The van der Waals surface area contributed by atoms with Gasteiger partial charge in [0.1, 0.15) is 0 Å². The molecular formula is C23H31N3O3. The summed E-state index contributed by atoms with van der Waals surface area (Å²) in [6.07, 6.45) is 3.45. The molecule has 0 unspecified atom stereocenters. The van der Waals surface area contributed by atoms with E-state index in [1.807, 2.05) is 42.1 Å². The molecule has 2 amide bonds. The molecule has 6 heteroatoms. The largest absolute Gasteiger partial charge is 0.459 e. The molecule has 1 heterocycles. The van der Waals surface area contributed by atoms with Gasteiger partial charge in [-0.3, -0.25) is 9.59 Å². The molecule has 1 aliphatic rings. The molecule has 1 N–H and O–H groups in total. The molecule has 3 rings (SSSR count). The maximum atomic E-state index is 13.1. The first-order valence-electron chi connectivity index (χ1n) is 10.2. The van der Waals surface area contributed by atoms with Crippen LogP contribution < -0.4 is 10.2 Å². The molecule has 0 bridgehead atoms. The van der Waals surface area contributed by atoms with Gasteiger partial charge in [0.15, 0.2) is 5.76 Å². The number of amides is 2. The maximum absolute atomic E-state index is 13.1. The van der Waals surface area contributed by atoms with Crippen molar-refractivity contribution in [2.75, 3.05) is 24.3 Å². The van der Waals surface area contributed by atoms with Crippen LogP contribution in [0.4, 0.5) is 11.4 Å². The Morgan fingerprint density at radius 3 is 2.45 bits per heavy atom. The van der Waals surface area contributed by atoms with Gasteiger partial charge >= 0.3 is 0 Å². The van der Waals surface area contributed by atoms with Crippen LogP contribution in [0.1, 0.15) is 49.7 Å². The number of nitrogens with one attached hydrogen (secondary N) is 1. The predicted molar refractivity (Wildman–Crippen MR) is 115 cm³/mol. The molecule has 0 radical (unpaired) electrons. The maximum Gasteiger partial charge on any atom is 0.290 e. The minimum absolute atomic E-state index is 0.0207. The molecule has 0 aliphatic heterocycles. The third-order valence-corrected chi connectivity index (χ3v) is 5.57. The van der Waals surface area contributed by atoms with Crippen molar-refractivity contribution in [3.05, 3.63) is 47.9 Å². The molecule has 1 aromatic carbocycles. The number of anilines is 2. The Hall–Kier alpha value is -2.76. The molecule has 0 spiro atoms. The van der Waals surface area contributed by atoms with E-state index in [2.05, 4.69) is 26.1 Å². The molecule has 1 atom stereocenters. The van der Waals surface area contributed by atoms with Gasteiger partial charge in [0.25, 0.3) is 5.91 Å². The highest BCUT2D eigenvalue weighted by Gasteiger charge is 2.30. The van der Waals surface area contributed by atoms with Crippen molar-refractivity contribution in [1.29, 1.82) is 0 Å². The van der Waals surface area contributed by atoms with Crippen molar-refractivity contribution in [3.63, 3.8) is 0 Å². The van der Waals surface area contributed by atoms with Gasteiger partial charge in [0.05, 0.1) is 6.26 Å². The van der Waals surface area contributed by atoms with E-state index in [1.54, 1.807) is 12.1 Å². The van der Waals surface area contributed by atoms with E-state index >= 15 is 0 Å². The minimum Gasteiger partial charge on any atom is -0.459 e. The van der Waals surface area contributed by atoms with E-state index in [4.69, 9.17) is 4.42 Å². The third-order valence-electron chi connectivity index (χ3n) is 5.57. The summed E-state index contributed by atoms with van der Waals surface area (Å²) in [6, 6.07) is 9.33. The van der Waals surface area contributed by atoms with Gasteiger partial charge < -0.3 is 19.5 Å². The third kappa shape index (κ3) is 5.00. The van der Waals surface area contributed by atoms with Gasteiger partial charge in [-0.1, -0.05) is 13.8 Å². The summed E-state index contributed by atoms with van der Waals surface area (Å²) >= 11 is 0. The molecule has 6 nitrogen and oxygen atoms in total. The van der Waals surface area contributed by atoms with E-state index in [-0.39, 0.29) is 29.7 Å². The number of carbonyl (C=O) groups excluding carboxylic acids is 2. The van der Waals surface area contributed by atoms with Crippen LogP contribution in [-0.4, -0.2) is 36.9 Å². The second-order valence-electron chi connectivity index (χ2n) is 8.40. The molecule has 1 aliphatic carbocycles. The van der Waals surface area contributed by atoms with Gasteiger partial charge in [0, 0.05) is 44.0 Å². The fourth-order valence-electron chi connectivity index (χ4n) is 3.30. The SMILES string of the molecule is CC(C)[C@H](C)N(Cc1cc(NC(=O)C2CC2)ccc1N(C)C)C(=O)c1ccco1. The molecule has 1 aromatic heterocycles. The fraction of sp³-hybridized carbons (Fsp3) is 0.478. The van der Waals surface area contributed by atoms with Gasteiger partial charge in [-0.15, -0.1) is 0 Å². The zero-order valence-electron chi connectivity index (χ0n) is 17.9. The van der Waals surface area contributed by atoms with E-state index in [0.717, 1.165) is 29.8 Å². The topological polar surface area (TPSA) is 65.8 Å². The summed E-state index contributed by atoms with van der Waals surface area (Å²) in [6.45, 7) is 6.69. The van der Waals surface area contributed by atoms with Crippen LogP contribution in [0.3, 0.4) is 0 Å². The van der Waals surface area contributed by atoms with Gasteiger partial charge in [-0.25, -0.2) is 0 Å². The Kier molecular flexibility index (Phi) is 6.30. The first-order chi connectivity index (χ1) is 13.8. The highest BCUT2D eigenvalue weighted by Crippen LogP contribution is 2.32. The summed E-state index contributed by atoms with van der Waals surface area (Å²) in [5, 5.41) is 3.01. The normalized spacial score (nSPS) is 14.6. The summed E-state index contributed by atoms with van der Waals surface area (Å²) < 4.78 is 5.37. The number of hydrogen-bond acceptors (Lipinski definition) is 4. The number of hydrogen-bond donors (Lipinski definition) is 1. The zero-order valence-corrected chi connectivity index (χ0v) is 17.9. The van der Waals surface area contributed by atoms with Crippen molar-refractivity contribution in [1.82, 2.24) is 4.90 Å². The summed E-state index contributed by atoms with van der Waals surface area (Å²) in [5.41, 5.74) is 2.77. The van der Waals surface area contributed by atoms with Crippen LogP contribution in [0.25, 0.3) is 0 Å².